The summed E-state index contributed by atoms with van der Waals surface area (Å²) in [4.78, 5) is 39.6. The molecule has 1 fully saturated rings. The summed E-state index contributed by atoms with van der Waals surface area (Å²) in [7, 11) is 3.05. The molecule has 132 valence electrons. The van der Waals surface area contributed by atoms with Crippen molar-refractivity contribution in [2.75, 3.05) is 27.2 Å². The van der Waals surface area contributed by atoms with E-state index in [1.807, 2.05) is 6.92 Å². The monoisotopic (exact) mass is 337 g/mol. The van der Waals surface area contributed by atoms with Gasteiger partial charge in [-0.3, -0.25) is 9.59 Å². The predicted octanol–water partition coefficient (Wildman–Crippen LogP) is -0.268. The molecule has 24 heavy (non-hydrogen) atoms. The Morgan fingerprint density at radius 2 is 2.04 bits per heavy atom. The summed E-state index contributed by atoms with van der Waals surface area (Å²) in [5.74, 6) is -0.807. The van der Waals surface area contributed by atoms with Crippen LogP contribution in [0.3, 0.4) is 0 Å². The van der Waals surface area contributed by atoms with Crippen molar-refractivity contribution >= 4 is 23.7 Å². The van der Waals surface area contributed by atoms with Gasteiger partial charge in [0.25, 0.3) is 17.6 Å². The lowest BCUT2D eigenvalue weighted by Gasteiger charge is -2.27. The SMILES string of the molecule is CCCC[N+]1=C2C(C=C1C(=O)NCC(C)O)C(=O)N(C)C(=O)N2C. The number of hydrogen-bond acceptors (Lipinski definition) is 4. The fourth-order valence-corrected chi connectivity index (χ4v) is 2.89. The zero-order valence-corrected chi connectivity index (χ0v) is 14.6. The molecule has 2 unspecified atom stereocenters. The number of aliphatic hydroxyl groups is 1. The Labute approximate surface area is 141 Å². The third kappa shape index (κ3) is 3.19. The fraction of sp³-hybridized carbons (Fsp3) is 0.625. The van der Waals surface area contributed by atoms with Crippen LogP contribution in [0.5, 0.6) is 0 Å². The Bertz CT molecular complexity index is 624. The molecule has 2 aliphatic heterocycles. The first-order valence-electron chi connectivity index (χ1n) is 8.17. The number of fused-ring (bicyclic) bond motifs is 1. The third-order valence-electron chi connectivity index (χ3n) is 4.21. The summed E-state index contributed by atoms with van der Waals surface area (Å²) in [6, 6.07) is -0.410. The molecule has 2 heterocycles. The molecule has 0 aliphatic carbocycles. The van der Waals surface area contributed by atoms with Gasteiger partial charge < -0.3 is 10.4 Å². The Kier molecular flexibility index (Phi) is 5.38. The van der Waals surface area contributed by atoms with E-state index in [0.29, 0.717) is 18.1 Å². The number of urea groups is 1. The van der Waals surface area contributed by atoms with Gasteiger partial charge in [-0.25, -0.2) is 14.3 Å². The summed E-state index contributed by atoms with van der Waals surface area (Å²) in [5.41, 5.74) is 0.354. The van der Waals surface area contributed by atoms with Crippen molar-refractivity contribution in [2.24, 2.45) is 5.92 Å². The summed E-state index contributed by atoms with van der Waals surface area (Å²) in [5, 5.41) is 12.0. The molecule has 0 bridgehead atoms. The smallest absolute Gasteiger partial charge is 0.392 e. The molecule has 2 N–H and O–H groups in total. The second-order valence-electron chi connectivity index (χ2n) is 6.19. The molecule has 0 aromatic rings. The highest BCUT2D eigenvalue weighted by atomic mass is 16.3. The molecule has 2 atom stereocenters. The van der Waals surface area contributed by atoms with Crippen LogP contribution in [0.2, 0.25) is 0 Å². The number of carbonyl (C=O) groups excluding carboxylic acids is 3. The molecule has 4 amide bonds. The lowest BCUT2D eigenvalue weighted by atomic mass is 10.0. The number of nitrogens with one attached hydrogen (secondary N) is 1. The van der Waals surface area contributed by atoms with Gasteiger partial charge in [0.2, 0.25) is 0 Å². The first kappa shape index (κ1) is 18.1. The molecule has 0 spiro atoms. The first-order chi connectivity index (χ1) is 11.3. The van der Waals surface area contributed by atoms with Crippen LogP contribution in [0.25, 0.3) is 0 Å². The molecular formula is C16H25N4O4+. The van der Waals surface area contributed by atoms with E-state index in [4.69, 9.17) is 0 Å². The van der Waals surface area contributed by atoms with Crippen LogP contribution < -0.4 is 5.32 Å². The number of hydrogen-bond donors (Lipinski definition) is 2. The van der Waals surface area contributed by atoms with E-state index < -0.39 is 18.1 Å². The molecule has 2 aliphatic rings. The van der Waals surface area contributed by atoms with Gasteiger partial charge >= 0.3 is 6.03 Å². The van der Waals surface area contributed by atoms with Crippen molar-refractivity contribution in [3.05, 3.63) is 11.8 Å². The summed E-state index contributed by atoms with van der Waals surface area (Å²) in [6.45, 7) is 4.28. The van der Waals surface area contributed by atoms with Crippen LogP contribution in [0.4, 0.5) is 4.79 Å². The standard InChI is InChI=1S/C16H24N4O4/c1-5-6-7-20-12(13(22)17-9-10(2)21)8-11-14(20)18(3)16(24)19(4)15(11)23/h8,10-11,21H,5-7,9H2,1-4H3/p+1. The molecule has 0 saturated carbocycles. The van der Waals surface area contributed by atoms with E-state index in [-0.39, 0.29) is 18.4 Å². The maximum atomic E-state index is 12.5. The van der Waals surface area contributed by atoms with Gasteiger partial charge in [-0.2, -0.15) is 4.90 Å². The van der Waals surface area contributed by atoms with Crippen molar-refractivity contribution < 1.29 is 24.1 Å². The van der Waals surface area contributed by atoms with Crippen LogP contribution in [0, 0.1) is 5.92 Å². The lowest BCUT2D eigenvalue weighted by molar-refractivity contribution is -0.474. The van der Waals surface area contributed by atoms with Crippen LogP contribution in [0.15, 0.2) is 11.8 Å². The Morgan fingerprint density at radius 3 is 2.62 bits per heavy atom. The van der Waals surface area contributed by atoms with Crippen molar-refractivity contribution in [3.8, 4) is 0 Å². The summed E-state index contributed by atoms with van der Waals surface area (Å²) >= 11 is 0. The van der Waals surface area contributed by atoms with Gasteiger partial charge in [0.15, 0.2) is 11.6 Å². The molecule has 2 rings (SSSR count). The number of amidine groups is 1. The van der Waals surface area contributed by atoms with E-state index in [2.05, 4.69) is 5.32 Å². The molecular weight excluding hydrogens is 312 g/mol. The maximum Gasteiger partial charge on any atom is 0.417 e. The minimum absolute atomic E-state index is 0.125. The lowest BCUT2D eigenvalue weighted by Crippen LogP contribution is -2.57. The number of carbonyl (C=O) groups is 3. The van der Waals surface area contributed by atoms with Gasteiger partial charge in [0.05, 0.1) is 19.7 Å². The van der Waals surface area contributed by atoms with Crippen molar-refractivity contribution in [2.45, 2.75) is 32.8 Å². The highest BCUT2D eigenvalue weighted by molar-refractivity contribution is 6.19. The minimum atomic E-state index is -0.660. The summed E-state index contributed by atoms with van der Waals surface area (Å²) in [6.07, 6.45) is 2.68. The number of nitrogens with zero attached hydrogens (tertiary/aromatic N) is 3. The second-order valence-corrected chi connectivity index (χ2v) is 6.19. The second kappa shape index (κ2) is 7.12. The zero-order chi connectivity index (χ0) is 18.0. The van der Waals surface area contributed by atoms with Crippen molar-refractivity contribution in [3.63, 3.8) is 0 Å². The highest BCUT2D eigenvalue weighted by Gasteiger charge is 2.51. The van der Waals surface area contributed by atoms with Gasteiger partial charge in [0.1, 0.15) is 0 Å². The van der Waals surface area contributed by atoms with E-state index in [1.165, 1.54) is 11.9 Å². The van der Waals surface area contributed by atoms with Crippen LogP contribution >= 0.6 is 0 Å². The van der Waals surface area contributed by atoms with Crippen molar-refractivity contribution in [1.29, 1.82) is 0 Å². The Balaban J connectivity index is 2.39. The van der Waals surface area contributed by atoms with Crippen LogP contribution in [0.1, 0.15) is 26.7 Å². The fourth-order valence-electron chi connectivity index (χ4n) is 2.89. The predicted molar refractivity (Wildman–Crippen MR) is 87.2 cm³/mol. The van der Waals surface area contributed by atoms with E-state index in [0.717, 1.165) is 17.7 Å². The molecule has 0 aromatic heterocycles. The van der Waals surface area contributed by atoms with E-state index in [1.54, 1.807) is 24.6 Å². The normalized spacial score (nSPS) is 21.9. The molecule has 1 saturated heterocycles. The molecule has 0 radical (unpaired) electrons. The van der Waals surface area contributed by atoms with Gasteiger partial charge in [-0.05, 0) is 19.4 Å². The van der Waals surface area contributed by atoms with Crippen LogP contribution in [-0.4, -0.2) is 76.5 Å². The average Bonchev–Trinajstić information content (AvgIpc) is 2.93. The van der Waals surface area contributed by atoms with Gasteiger partial charge in [-0.15, -0.1) is 0 Å². The largest absolute Gasteiger partial charge is 0.417 e. The summed E-state index contributed by atoms with van der Waals surface area (Å²) < 4.78 is 1.74. The van der Waals surface area contributed by atoms with Gasteiger partial charge in [0, 0.05) is 13.6 Å². The zero-order valence-electron chi connectivity index (χ0n) is 14.6. The van der Waals surface area contributed by atoms with Crippen molar-refractivity contribution in [1.82, 2.24) is 15.1 Å². The van der Waals surface area contributed by atoms with Gasteiger partial charge in [-0.1, -0.05) is 13.3 Å². The number of aliphatic hydroxyl groups excluding tert-OH is 1. The number of imide groups is 1. The highest BCUT2D eigenvalue weighted by Crippen LogP contribution is 2.26. The molecule has 8 heteroatoms. The number of rotatable bonds is 6. The average molecular weight is 337 g/mol. The topological polar surface area (TPSA) is 93.0 Å². The molecule has 0 aromatic carbocycles. The maximum absolute atomic E-state index is 12.5. The van der Waals surface area contributed by atoms with E-state index >= 15 is 0 Å². The molecule has 8 nitrogen and oxygen atoms in total. The van der Waals surface area contributed by atoms with Crippen LogP contribution in [-0.2, 0) is 9.59 Å². The van der Waals surface area contributed by atoms with E-state index in [9.17, 15) is 19.5 Å². The quantitative estimate of drug-likeness (QED) is 0.653. The minimum Gasteiger partial charge on any atom is -0.392 e. The number of unbranched alkanes of at least 4 members (excludes halogenated alkanes) is 1. The Hall–Kier alpha value is -2.22. The first-order valence-corrected chi connectivity index (χ1v) is 8.17. The number of amides is 4. The Morgan fingerprint density at radius 1 is 1.38 bits per heavy atom. The third-order valence-corrected chi connectivity index (χ3v) is 4.21.